The average Bonchev–Trinajstić information content (AvgIpc) is 2.31. The van der Waals surface area contributed by atoms with Gasteiger partial charge in [-0.05, 0) is 19.9 Å². The van der Waals surface area contributed by atoms with E-state index in [0.717, 1.165) is 19.5 Å². The van der Waals surface area contributed by atoms with E-state index in [2.05, 4.69) is 11.8 Å². The maximum Gasteiger partial charge on any atom is 0.222 e. The first-order chi connectivity index (χ1) is 8.04. The van der Waals surface area contributed by atoms with Crippen LogP contribution in [-0.2, 0) is 9.53 Å². The minimum atomic E-state index is -0.0734. The molecule has 0 aromatic heterocycles. The van der Waals surface area contributed by atoms with Crippen LogP contribution in [-0.4, -0.2) is 73.4 Å². The summed E-state index contributed by atoms with van der Waals surface area (Å²) in [5.41, 5.74) is 0. The summed E-state index contributed by atoms with van der Waals surface area (Å²) in [5, 5.41) is 9.07. The number of aliphatic hydroxyl groups is 1. The molecular formula is C12H24N2O3. The fraction of sp³-hybridized carbons (Fsp3) is 0.917. The van der Waals surface area contributed by atoms with E-state index in [9.17, 15) is 4.79 Å². The Hall–Kier alpha value is -0.650. The summed E-state index contributed by atoms with van der Waals surface area (Å²) < 4.78 is 5.47. The molecule has 1 heterocycles. The zero-order valence-electron chi connectivity index (χ0n) is 11.1. The number of aliphatic hydroxyl groups excluding tert-OH is 1. The number of hydrogen-bond donors (Lipinski definition) is 1. The standard InChI is InChI=1S/C12H24N2O3/c1-10-9-17-11(8-15)7-14(10)6-4-5-12(16)13(2)3/h10-11,15H,4-9H2,1-3H3. The first-order valence-electron chi connectivity index (χ1n) is 6.21. The van der Waals surface area contributed by atoms with Crippen molar-refractivity contribution in [2.45, 2.75) is 31.9 Å². The van der Waals surface area contributed by atoms with Crippen molar-refractivity contribution in [2.75, 3.05) is 40.4 Å². The number of hydrogen-bond acceptors (Lipinski definition) is 4. The lowest BCUT2D eigenvalue weighted by molar-refractivity contribution is -0.129. The van der Waals surface area contributed by atoms with Crippen LogP contribution in [0, 0.1) is 0 Å². The van der Waals surface area contributed by atoms with Gasteiger partial charge in [0.15, 0.2) is 0 Å². The second kappa shape index (κ2) is 6.93. The molecule has 1 amide bonds. The van der Waals surface area contributed by atoms with E-state index in [1.807, 2.05) is 0 Å². The molecule has 0 saturated carbocycles. The monoisotopic (exact) mass is 244 g/mol. The normalized spacial score (nSPS) is 25.9. The van der Waals surface area contributed by atoms with E-state index in [0.29, 0.717) is 19.1 Å². The van der Waals surface area contributed by atoms with Crippen molar-refractivity contribution in [1.82, 2.24) is 9.80 Å². The number of amides is 1. The molecule has 1 N–H and O–H groups in total. The Kier molecular flexibility index (Phi) is 5.88. The van der Waals surface area contributed by atoms with Gasteiger partial charge in [-0.25, -0.2) is 0 Å². The fourth-order valence-electron chi connectivity index (χ4n) is 1.95. The summed E-state index contributed by atoms with van der Waals surface area (Å²) in [7, 11) is 3.56. The molecule has 1 fully saturated rings. The second-order valence-corrected chi connectivity index (χ2v) is 4.87. The third-order valence-electron chi connectivity index (χ3n) is 3.17. The van der Waals surface area contributed by atoms with Crippen molar-refractivity contribution >= 4 is 5.91 Å². The van der Waals surface area contributed by atoms with Gasteiger partial charge in [0.1, 0.15) is 0 Å². The summed E-state index contributed by atoms with van der Waals surface area (Å²) in [6, 6.07) is 0.368. The van der Waals surface area contributed by atoms with Gasteiger partial charge in [0, 0.05) is 33.1 Å². The number of carbonyl (C=O) groups excluding carboxylic acids is 1. The third-order valence-corrected chi connectivity index (χ3v) is 3.17. The highest BCUT2D eigenvalue weighted by atomic mass is 16.5. The van der Waals surface area contributed by atoms with Crippen molar-refractivity contribution < 1.29 is 14.6 Å². The van der Waals surface area contributed by atoms with Gasteiger partial charge in [0.25, 0.3) is 0 Å². The lowest BCUT2D eigenvalue weighted by Crippen LogP contribution is -2.49. The minimum Gasteiger partial charge on any atom is -0.394 e. The van der Waals surface area contributed by atoms with Crippen LogP contribution in [0.5, 0.6) is 0 Å². The van der Waals surface area contributed by atoms with E-state index < -0.39 is 0 Å². The summed E-state index contributed by atoms with van der Waals surface area (Å²) in [6.45, 7) is 4.49. The van der Waals surface area contributed by atoms with Crippen LogP contribution >= 0.6 is 0 Å². The van der Waals surface area contributed by atoms with E-state index in [1.54, 1.807) is 19.0 Å². The van der Waals surface area contributed by atoms with Crippen LogP contribution in [0.3, 0.4) is 0 Å². The van der Waals surface area contributed by atoms with Gasteiger partial charge >= 0.3 is 0 Å². The van der Waals surface area contributed by atoms with Crippen LogP contribution in [0.2, 0.25) is 0 Å². The Bertz CT molecular complexity index is 246. The highest BCUT2D eigenvalue weighted by Crippen LogP contribution is 2.12. The largest absolute Gasteiger partial charge is 0.394 e. The van der Waals surface area contributed by atoms with Gasteiger partial charge < -0.3 is 14.7 Å². The number of ether oxygens (including phenoxy) is 1. The topological polar surface area (TPSA) is 53.0 Å². The molecule has 1 rings (SSSR count). The first-order valence-corrected chi connectivity index (χ1v) is 6.21. The lowest BCUT2D eigenvalue weighted by Gasteiger charge is -2.37. The van der Waals surface area contributed by atoms with Crippen molar-refractivity contribution in [3.63, 3.8) is 0 Å². The van der Waals surface area contributed by atoms with Crippen molar-refractivity contribution in [3.8, 4) is 0 Å². The van der Waals surface area contributed by atoms with Crippen LogP contribution in [0.4, 0.5) is 0 Å². The number of rotatable bonds is 5. The molecule has 5 nitrogen and oxygen atoms in total. The predicted octanol–water partition coefficient (Wildman–Crippen LogP) is -0.0636. The van der Waals surface area contributed by atoms with Crippen molar-refractivity contribution in [1.29, 1.82) is 0 Å². The van der Waals surface area contributed by atoms with E-state index in [-0.39, 0.29) is 18.6 Å². The highest BCUT2D eigenvalue weighted by molar-refractivity contribution is 5.75. The molecule has 0 bridgehead atoms. The summed E-state index contributed by atoms with van der Waals surface area (Å²) in [5.74, 6) is 0.171. The van der Waals surface area contributed by atoms with E-state index >= 15 is 0 Å². The first kappa shape index (κ1) is 14.4. The van der Waals surface area contributed by atoms with Crippen molar-refractivity contribution in [3.05, 3.63) is 0 Å². The lowest BCUT2D eigenvalue weighted by atomic mass is 10.1. The Balaban J connectivity index is 2.27. The average molecular weight is 244 g/mol. The fourth-order valence-corrected chi connectivity index (χ4v) is 1.95. The smallest absolute Gasteiger partial charge is 0.222 e. The molecule has 0 aromatic carbocycles. The van der Waals surface area contributed by atoms with Crippen LogP contribution in [0.1, 0.15) is 19.8 Å². The van der Waals surface area contributed by atoms with Crippen LogP contribution < -0.4 is 0 Å². The van der Waals surface area contributed by atoms with Gasteiger partial charge in [0.05, 0.1) is 19.3 Å². The molecule has 0 aliphatic carbocycles. The van der Waals surface area contributed by atoms with Crippen LogP contribution in [0.15, 0.2) is 0 Å². The molecule has 1 saturated heterocycles. The Morgan fingerprint density at radius 2 is 2.24 bits per heavy atom. The SMILES string of the molecule is CC1COC(CO)CN1CCCC(=O)N(C)C. The Labute approximate surface area is 103 Å². The predicted molar refractivity (Wildman–Crippen MR) is 65.8 cm³/mol. The Morgan fingerprint density at radius 1 is 1.53 bits per heavy atom. The highest BCUT2D eigenvalue weighted by Gasteiger charge is 2.25. The third kappa shape index (κ3) is 4.61. The zero-order valence-corrected chi connectivity index (χ0v) is 11.1. The summed E-state index contributed by atoms with van der Waals surface area (Å²) in [4.78, 5) is 15.3. The maximum atomic E-state index is 11.4. The van der Waals surface area contributed by atoms with Gasteiger partial charge in [-0.3, -0.25) is 9.69 Å². The Morgan fingerprint density at radius 3 is 2.82 bits per heavy atom. The quantitative estimate of drug-likeness (QED) is 0.736. The zero-order chi connectivity index (χ0) is 12.8. The van der Waals surface area contributed by atoms with E-state index in [1.165, 1.54) is 0 Å². The number of nitrogens with zero attached hydrogens (tertiary/aromatic N) is 2. The molecule has 0 radical (unpaired) electrons. The minimum absolute atomic E-state index is 0.0693. The number of carbonyl (C=O) groups is 1. The van der Waals surface area contributed by atoms with Gasteiger partial charge in [-0.2, -0.15) is 0 Å². The summed E-state index contributed by atoms with van der Waals surface area (Å²) in [6.07, 6.45) is 1.37. The van der Waals surface area contributed by atoms with Gasteiger partial charge in [0.2, 0.25) is 5.91 Å². The molecule has 2 atom stereocenters. The molecular weight excluding hydrogens is 220 g/mol. The molecule has 17 heavy (non-hydrogen) atoms. The summed E-state index contributed by atoms with van der Waals surface area (Å²) >= 11 is 0. The van der Waals surface area contributed by atoms with Gasteiger partial charge in [-0.1, -0.05) is 0 Å². The van der Waals surface area contributed by atoms with Crippen LogP contribution in [0.25, 0.3) is 0 Å². The van der Waals surface area contributed by atoms with E-state index in [4.69, 9.17) is 9.84 Å². The second-order valence-electron chi connectivity index (χ2n) is 4.87. The molecule has 1 aliphatic rings. The molecule has 100 valence electrons. The molecule has 0 spiro atoms. The van der Waals surface area contributed by atoms with Gasteiger partial charge in [-0.15, -0.1) is 0 Å². The molecule has 1 aliphatic heterocycles. The molecule has 2 unspecified atom stereocenters. The molecule has 0 aromatic rings. The molecule has 5 heteroatoms. The number of morpholine rings is 1. The van der Waals surface area contributed by atoms with Crippen molar-refractivity contribution in [2.24, 2.45) is 0 Å². The maximum absolute atomic E-state index is 11.4.